The van der Waals surface area contributed by atoms with E-state index in [4.69, 9.17) is 10.4 Å². The first-order valence-electron chi connectivity index (χ1n) is 6.82. The second-order valence-corrected chi connectivity index (χ2v) is 8.05. The number of nitrogens with zero attached hydrogens (tertiary/aromatic N) is 2. The van der Waals surface area contributed by atoms with E-state index in [1.807, 2.05) is 26.8 Å². The number of hydrogen-bond acceptors (Lipinski definition) is 4. The van der Waals surface area contributed by atoms with Gasteiger partial charge in [0.1, 0.15) is 0 Å². The van der Waals surface area contributed by atoms with E-state index in [0.717, 1.165) is 0 Å². The van der Waals surface area contributed by atoms with Crippen LogP contribution in [0.3, 0.4) is 0 Å². The average molecular weight is 310 g/mol. The maximum absolute atomic E-state index is 12.7. The van der Waals surface area contributed by atoms with Crippen molar-refractivity contribution in [3.05, 3.63) is 29.8 Å². The quantitative estimate of drug-likeness (QED) is 0.871. The number of benzene rings is 1. The van der Waals surface area contributed by atoms with Gasteiger partial charge in [-0.3, -0.25) is 0 Å². The Morgan fingerprint density at radius 2 is 2.00 bits per heavy atom. The van der Waals surface area contributed by atoms with Gasteiger partial charge in [-0.05, 0) is 30.0 Å². The summed E-state index contributed by atoms with van der Waals surface area (Å²) in [4.78, 5) is 0.115. The summed E-state index contributed by atoms with van der Waals surface area (Å²) in [5, 5.41) is 17.9. The molecule has 0 atom stereocenters. The molecule has 1 N–H and O–H groups in total. The van der Waals surface area contributed by atoms with E-state index in [1.54, 1.807) is 12.1 Å². The van der Waals surface area contributed by atoms with Crippen molar-refractivity contribution in [1.82, 2.24) is 4.31 Å². The molecule has 116 valence electrons. The zero-order valence-electron chi connectivity index (χ0n) is 12.7. The molecule has 0 unspecified atom stereocenters. The molecule has 0 spiro atoms. The van der Waals surface area contributed by atoms with Gasteiger partial charge in [-0.2, -0.15) is 9.57 Å². The van der Waals surface area contributed by atoms with E-state index in [1.165, 1.54) is 16.4 Å². The lowest BCUT2D eigenvalue weighted by atomic mass is 9.97. The van der Waals surface area contributed by atoms with Gasteiger partial charge in [-0.25, -0.2) is 8.42 Å². The Bertz CT molecular complexity index is 613. The molecule has 6 heteroatoms. The zero-order valence-corrected chi connectivity index (χ0v) is 13.5. The first-order chi connectivity index (χ1) is 9.70. The molecule has 0 aliphatic heterocycles. The van der Waals surface area contributed by atoms with Crippen LogP contribution in [-0.4, -0.2) is 37.5 Å². The fourth-order valence-electron chi connectivity index (χ4n) is 1.94. The molecule has 0 aromatic heterocycles. The van der Waals surface area contributed by atoms with E-state index in [9.17, 15) is 8.42 Å². The molecule has 0 heterocycles. The van der Waals surface area contributed by atoms with Crippen molar-refractivity contribution in [2.45, 2.75) is 32.1 Å². The van der Waals surface area contributed by atoms with Crippen LogP contribution in [0.4, 0.5) is 0 Å². The van der Waals surface area contributed by atoms with E-state index < -0.39 is 10.0 Å². The van der Waals surface area contributed by atoms with Gasteiger partial charge in [0.2, 0.25) is 10.0 Å². The lowest BCUT2D eigenvalue weighted by Crippen LogP contribution is -2.38. The van der Waals surface area contributed by atoms with Gasteiger partial charge in [0.25, 0.3) is 0 Å². The molecular weight excluding hydrogens is 288 g/mol. The van der Waals surface area contributed by atoms with Crippen molar-refractivity contribution in [2.75, 3.05) is 19.7 Å². The highest BCUT2D eigenvalue weighted by Crippen LogP contribution is 2.23. The highest BCUT2D eigenvalue weighted by atomic mass is 32.2. The summed E-state index contributed by atoms with van der Waals surface area (Å²) in [6.07, 6.45) is 0.382. The van der Waals surface area contributed by atoms with Gasteiger partial charge in [-0.1, -0.05) is 26.8 Å². The van der Waals surface area contributed by atoms with Crippen LogP contribution in [0, 0.1) is 16.7 Å². The number of rotatable bonds is 6. The summed E-state index contributed by atoms with van der Waals surface area (Å²) in [7, 11) is -3.67. The van der Waals surface area contributed by atoms with Gasteiger partial charge >= 0.3 is 0 Å². The minimum absolute atomic E-state index is 0.0611. The fraction of sp³-hybridized carbons (Fsp3) is 0.533. The van der Waals surface area contributed by atoms with Crippen molar-refractivity contribution in [1.29, 1.82) is 5.26 Å². The van der Waals surface area contributed by atoms with Gasteiger partial charge in [0.05, 0.1) is 16.5 Å². The molecule has 0 fully saturated rings. The highest BCUT2D eigenvalue weighted by molar-refractivity contribution is 7.89. The fourth-order valence-corrected chi connectivity index (χ4v) is 3.69. The molecule has 1 aromatic carbocycles. The molecule has 0 aliphatic carbocycles. The third kappa shape index (κ3) is 5.12. The summed E-state index contributed by atoms with van der Waals surface area (Å²) in [5.41, 5.74) is 0.115. The molecule has 0 aliphatic rings. The zero-order chi connectivity index (χ0) is 16.1. The molecule has 0 bridgehead atoms. The van der Waals surface area contributed by atoms with Crippen molar-refractivity contribution in [3.63, 3.8) is 0 Å². The molecule has 0 amide bonds. The third-order valence-corrected chi connectivity index (χ3v) is 4.66. The van der Waals surface area contributed by atoms with E-state index in [2.05, 4.69) is 0 Å². The number of hydrogen-bond donors (Lipinski definition) is 1. The molecule has 1 aromatic rings. The first kappa shape index (κ1) is 17.6. The standard InChI is InChI=1S/C15H22N2O3S/c1-15(2,3)12-17(8-5-9-18)21(19,20)14-7-4-6-13(10-14)11-16/h4,6-7,10,18H,5,8-9,12H2,1-3H3. The van der Waals surface area contributed by atoms with Crippen LogP contribution in [0.15, 0.2) is 29.2 Å². The Kier molecular flexibility index (Phi) is 5.90. The third-order valence-electron chi connectivity index (χ3n) is 2.82. The molecule has 0 radical (unpaired) electrons. The van der Waals surface area contributed by atoms with Crippen molar-refractivity contribution < 1.29 is 13.5 Å². The second kappa shape index (κ2) is 7.03. The predicted molar refractivity (Wildman–Crippen MR) is 81.1 cm³/mol. The summed E-state index contributed by atoms with van der Waals surface area (Å²) >= 11 is 0. The first-order valence-corrected chi connectivity index (χ1v) is 8.26. The molecule has 1 rings (SSSR count). The largest absolute Gasteiger partial charge is 0.396 e. The molecule has 0 saturated carbocycles. The summed E-state index contributed by atoms with van der Waals surface area (Å²) in [5.74, 6) is 0. The summed E-state index contributed by atoms with van der Waals surface area (Å²) in [6, 6.07) is 7.95. The smallest absolute Gasteiger partial charge is 0.243 e. The number of sulfonamides is 1. The van der Waals surface area contributed by atoms with Crippen molar-refractivity contribution >= 4 is 10.0 Å². The van der Waals surface area contributed by atoms with Crippen LogP contribution in [0.2, 0.25) is 0 Å². The van der Waals surface area contributed by atoms with Crippen LogP contribution >= 0.6 is 0 Å². The van der Waals surface area contributed by atoms with Crippen LogP contribution < -0.4 is 0 Å². The SMILES string of the molecule is CC(C)(C)CN(CCCO)S(=O)(=O)c1cccc(C#N)c1. The minimum atomic E-state index is -3.67. The number of aliphatic hydroxyl groups is 1. The van der Waals surface area contributed by atoms with Gasteiger partial charge in [0.15, 0.2) is 0 Å². The highest BCUT2D eigenvalue weighted by Gasteiger charge is 2.28. The molecular formula is C15H22N2O3S. The Hall–Kier alpha value is -1.42. The number of aliphatic hydroxyl groups excluding tert-OH is 1. The Labute approximate surface area is 126 Å². The summed E-state index contributed by atoms with van der Waals surface area (Å²) in [6.45, 7) is 6.42. The monoisotopic (exact) mass is 310 g/mol. The Morgan fingerprint density at radius 1 is 1.33 bits per heavy atom. The Balaban J connectivity index is 3.16. The van der Waals surface area contributed by atoms with Gasteiger partial charge in [-0.15, -0.1) is 0 Å². The van der Waals surface area contributed by atoms with Crippen LogP contribution in [0.5, 0.6) is 0 Å². The van der Waals surface area contributed by atoms with E-state index in [0.29, 0.717) is 18.5 Å². The van der Waals surface area contributed by atoms with Crippen LogP contribution in [0.25, 0.3) is 0 Å². The van der Waals surface area contributed by atoms with Crippen LogP contribution in [0.1, 0.15) is 32.8 Å². The molecule has 5 nitrogen and oxygen atoms in total. The molecule has 0 saturated heterocycles. The Morgan fingerprint density at radius 3 is 2.52 bits per heavy atom. The van der Waals surface area contributed by atoms with Crippen LogP contribution in [-0.2, 0) is 10.0 Å². The number of nitriles is 1. The normalized spacial score (nSPS) is 12.4. The second-order valence-electron chi connectivity index (χ2n) is 6.12. The van der Waals surface area contributed by atoms with E-state index >= 15 is 0 Å². The summed E-state index contributed by atoms with van der Waals surface area (Å²) < 4.78 is 26.8. The van der Waals surface area contributed by atoms with Gasteiger partial charge in [0, 0.05) is 19.7 Å². The topological polar surface area (TPSA) is 81.4 Å². The average Bonchev–Trinajstić information content (AvgIpc) is 2.42. The lowest BCUT2D eigenvalue weighted by Gasteiger charge is -2.29. The van der Waals surface area contributed by atoms with E-state index in [-0.39, 0.29) is 23.5 Å². The predicted octanol–water partition coefficient (Wildman–Crippen LogP) is 1.98. The van der Waals surface area contributed by atoms with Crippen molar-refractivity contribution in [2.24, 2.45) is 5.41 Å². The maximum atomic E-state index is 12.7. The maximum Gasteiger partial charge on any atom is 0.243 e. The van der Waals surface area contributed by atoms with Gasteiger partial charge < -0.3 is 5.11 Å². The molecule has 21 heavy (non-hydrogen) atoms. The van der Waals surface area contributed by atoms with Crippen molar-refractivity contribution in [3.8, 4) is 6.07 Å². The lowest BCUT2D eigenvalue weighted by molar-refractivity contribution is 0.241. The minimum Gasteiger partial charge on any atom is -0.396 e.